The fourth-order valence-corrected chi connectivity index (χ4v) is 3.16. The van der Waals surface area contributed by atoms with E-state index in [0.29, 0.717) is 17.3 Å². The fourth-order valence-electron chi connectivity index (χ4n) is 2.32. The van der Waals surface area contributed by atoms with E-state index < -0.39 is 11.7 Å². The van der Waals surface area contributed by atoms with Gasteiger partial charge in [0.1, 0.15) is 12.4 Å². The van der Waals surface area contributed by atoms with Crippen molar-refractivity contribution in [1.82, 2.24) is 5.32 Å². The number of amides is 1. The van der Waals surface area contributed by atoms with Gasteiger partial charge in [-0.1, -0.05) is 30.9 Å². The summed E-state index contributed by atoms with van der Waals surface area (Å²) in [7, 11) is 0. The van der Waals surface area contributed by atoms with Gasteiger partial charge >= 0.3 is 6.18 Å². The van der Waals surface area contributed by atoms with E-state index in [0.717, 1.165) is 29.5 Å². The molecule has 1 fully saturated rings. The van der Waals surface area contributed by atoms with Crippen molar-refractivity contribution in [2.45, 2.75) is 6.18 Å². The molecule has 0 radical (unpaired) electrons. The third-order valence-electron chi connectivity index (χ3n) is 3.60. The number of rotatable bonds is 5. The highest BCUT2D eigenvalue weighted by atomic mass is 32.2. The molecule has 1 amide bonds. The van der Waals surface area contributed by atoms with Gasteiger partial charge in [-0.3, -0.25) is 4.79 Å². The average molecular weight is 404 g/mol. The predicted octanol–water partition coefficient (Wildman–Crippen LogP) is 5.16. The molecule has 1 N–H and O–H groups in total. The summed E-state index contributed by atoms with van der Waals surface area (Å²) in [6, 6.07) is 11.7. The number of hydrogen-bond acceptors (Lipinski definition) is 4. The molecule has 3 rings (SSSR count). The number of thioether (sulfide) groups is 1. The van der Waals surface area contributed by atoms with Gasteiger partial charge in [-0.15, -0.1) is 0 Å². The number of nitrogens with zero attached hydrogens (tertiary/aromatic N) is 1. The van der Waals surface area contributed by atoms with Crippen LogP contribution in [0.5, 0.6) is 5.75 Å². The lowest BCUT2D eigenvalue weighted by molar-refractivity contribution is -0.137. The number of alkyl halides is 3. The van der Waals surface area contributed by atoms with Crippen LogP contribution in [0.2, 0.25) is 0 Å². The Balaban J connectivity index is 1.75. The summed E-state index contributed by atoms with van der Waals surface area (Å²) in [6.45, 7) is 3.97. The minimum absolute atomic E-state index is 0.114. The maximum Gasteiger partial charge on any atom is 0.416 e. The van der Waals surface area contributed by atoms with Crippen LogP contribution >= 0.6 is 11.8 Å². The van der Waals surface area contributed by atoms with Crippen LogP contribution in [0, 0.1) is 0 Å². The number of halogens is 3. The molecule has 0 atom stereocenters. The number of carbonyl (C=O) groups is 1. The van der Waals surface area contributed by atoms with E-state index in [1.54, 1.807) is 36.4 Å². The van der Waals surface area contributed by atoms with E-state index in [2.05, 4.69) is 16.9 Å². The number of hydrogen-bond donors (Lipinski definition) is 1. The van der Waals surface area contributed by atoms with Crippen molar-refractivity contribution >= 4 is 34.6 Å². The van der Waals surface area contributed by atoms with E-state index in [1.165, 1.54) is 12.1 Å². The smallest absolute Gasteiger partial charge is 0.416 e. The van der Waals surface area contributed by atoms with Crippen LogP contribution in [0.25, 0.3) is 6.08 Å². The van der Waals surface area contributed by atoms with Gasteiger partial charge in [-0.25, -0.2) is 4.99 Å². The molecule has 8 heteroatoms. The zero-order valence-electron chi connectivity index (χ0n) is 14.5. The van der Waals surface area contributed by atoms with Crippen molar-refractivity contribution < 1.29 is 22.7 Å². The first kappa shape index (κ1) is 19.8. The van der Waals surface area contributed by atoms with Crippen LogP contribution in [-0.2, 0) is 11.0 Å². The summed E-state index contributed by atoms with van der Waals surface area (Å²) in [5, 5.41) is 2.78. The van der Waals surface area contributed by atoms with Gasteiger partial charge in [-0.2, -0.15) is 13.2 Å². The third kappa shape index (κ3) is 5.04. The highest BCUT2D eigenvalue weighted by molar-refractivity contribution is 8.18. The van der Waals surface area contributed by atoms with E-state index in [4.69, 9.17) is 4.74 Å². The Hall–Kier alpha value is -3.00. The van der Waals surface area contributed by atoms with Gasteiger partial charge in [0.15, 0.2) is 5.17 Å². The molecule has 144 valence electrons. The lowest BCUT2D eigenvalue weighted by Gasteiger charge is -2.06. The molecule has 0 bridgehead atoms. The highest BCUT2D eigenvalue weighted by Crippen LogP contribution is 2.33. The number of nitrogens with one attached hydrogen (secondary N) is 1. The highest BCUT2D eigenvalue weighted by Gasteiger charge is 2.30. The molecule has 2 aromatic carbocycles. The molecule has 0 aromatic heterocycles. The third-order valence-corrected chi connectivity index (χ3v) is 4.51. The van der Waals surface area contributed by atoms with Gasteiger partial charge in [0.05, 0.1) is 16.2 Å². The molecule has 1 saturated heterocycles. The van der Waals surface area contributed by atoms with E-state index in [9.17, 15) is 18.0 Å². The molecule has 4 nitrogen and oxygen atoms in total. The zero-order chi connectivity index (χ0) is 20.1. The normalized spacial score (nSPS) is 17.0. The first-order valence-corrected chi connectivity index (χ1v) is 8.97. The maximum atomic E-state index is 12.8. The van der Waals surface area contributed by atoms with Crippen LogP contribution in [0.3, 0.4) is 0 Å². The molecule has 0 spiro atoms. The summed E-state index contributed by atoms with van der Waals surface area (Å²) in [4.78, 5) is 16.6. The summed E-state index contributed by atoms with van der Waals surface area (Å²) < 4.78 is 43.8. The Bertz CT molecular complexity index is 951. The quantitative estimate of drug-likeness (QED) is 0.553. The number of benzene rings is 2. The summed E-state index contributed by atoms with van der Waals surface area (Å²) in [5.41, 5.74) is 0.102. The first-order chi connectivity index (χ1) is 13.3. The summed E-state index contributed by atoms with van der Waals surface area (Å²) in [6.07, 6.45) is -1.14. The van der Waals surface area contributed by atoms with Gasteiger partial charge < -0.3 is 10.1 Å². The first-order valence-electron chi connectivity index (χ1n) is 8.16. The monoisotopic (exact) mass is 404 g/mol. The molecule has 2 aromatic rings. The maximum absolute atomic E-state index is 12.8. The van der Waals surface area contributed by atoms with Crippen molar-refractivity contribution in [3.63, 3.8) is 0 Å². The molecule has 1 aliphatic rings. The fraction of sp³-hybridized carbons (Fsp3) is 0.100. The predicted molar refractivity (Wildman–Crippen MR) is 104 cm³/mol. The number of ether oxygens (including phenoxy) is 1. The molecular weight excluding hydrogens is 389 g/mol. The molecular formula is C20H15F3N2O2S. The van der Waals surface area contributed by atoms with Crippen LogP contribution in [-0.4, -0.2) is 17.7 Å². The van der Waals surface area contributed by atoms with Crippen molar-refractivity contribution in [1.29, 1.82) is 0 Å². The minimum Gasteiger partial charge on any atom is -0.490 e. The van der Waals surface area contributed by atoms with Crippen molar-refractivity contribution in [3.05, 3.63) is 77.2 Å². The largest absolute Gasteiger partial charge is 0.490 e. The minimum atomic E-state index is -4.45. The Morgan fingerprint density at radius 3 is 2.61 bits per heavy atom. The molecule has 28 heavy (non-hydrogen) atoms. The van der Waals surface area contributed by atoms with Crippen molar-refractivity contribution in [3.8, 4) is 5.75 Å². The van der Waals surface area contributed by atoms with Gasteiger partial charge in [0.2, 0.25) is 0 Å². The van der Waals surface area contributed by atoms with Gasteiger partial charge in [0, 0.05) is 0 Å². The van der Waals surface area contributed by atoms with Gasteiger partial charge in [-0.05, 0) is 53.7 Å². The Labute approximate surface area is 163 Å². The number of aliphatic imine (C=N–C) groups is 1. The van der Waals surface area contributed by atoms with Crippen LogP contribution in [0.1, 0.15) is 11.1 Å². The summed E-state index contributed by atoms with van der Waals surface area (Å²) >= 11 is 1.06. The second-order valence-electron chi connectivity index (χ2n) is 5.70. The lowest BCUT2D eigenvalue weighted by atomic mass is 10.2. The molecule has 1 heterocycles. The second-order valence-corrected chi connectivity index (χ2v) is 6.73. The Morgan fingerprint density at radius 2 is 1.93 bits per heavy atom. The van der Waals surface area contributed by atoms with Crippen LogP contribution in [0.15, 0.2) is 71.1 Å². The molecule has 0 saturated carbocycles. The average Bonchev–Trinajstić information content (AvgIpc) is 2.99. The Morgan fingerprint density at radius 1 is 1.18 bits per heavy atom. The number of carbonyl (C=O) groups excluding carboxylic acids is 1. The second kappa shape index (κ2) is 8.35. The zero-order valence-corrected chi connectivity index (χ0v) is 15.3. The van der Waals surface area contributed by atoms with E-state index in [-0.39, 0.29) is 16.8 Å². The van der Waals surface area contributed by atoms with E-state index in [1.807, 2.05) is 0 Å². The standard InChI is InChI=1S/C20H15F3N2O2S/c1-2-10-27-16-8-6-13(7-9-16)11-17-18(26)25-19(28-17)24-15-5-3-4-14(12-15)20(21,22)23/h2-9,11-12H,1,10H2,(H,24,25,26)/b17-11-. The SMILES string of the molecule is C=CCOc1ccc(/C=C2\SC(=Nc3cccc(C(F)(F)F)c3)NC2=O)cc1. The molecule has 1 aliphatic heterocycles. The van der Waals surface area contributed by atoms with Crippen LogP contribution < -0.4 is 10.1 Å². The van der Waals surface area contributed by atoms with Crippen molar-refractivity contribution in [2.24, 2.45) is 4.99 Å². The summed E-state index contributed by atoms with van der Waals surface area (Å²) in [5.74, 6) is 0.320. The topological polar surface area (TPSA) is 50.7 Å². The van der Waals surface area contributed by atoms with E-state index >= 15 is 0 Å². The Kier molecular flexibility index (Phi) is 5.89. The van der Waals surface area contributed by atoms with Gasteiger partial charge in [0.25, 0.3) is 5.91 Å². The molecule has 0 aliphatic carbocycles. The number of amidine groups is 1. The molecule has 0 unspecified atom stereocenters. The van der Waals surface area contributed by atoms with Crippen LogP contribution in [0.4, 0.5) is 18.9 Å². The van der Waals surface area contributed by atoms with Crippen molar-refractivity contribution in [2.75, 3.05) is 6.61 Å². The lowest BCUT2D eigenvalue weighted by Crippen LogP contribution is -2.19.